The van der Waals surface area contributed by atoms with E-state index in [2.05, 4.69) is 21.3 Å². The molecule has 0 radical (unpaired) electrons. The third-order valence-corrected chi connectivity index (χ3v) is 8.32. The number of ether oxygens (including phenoxy) is 1. The van der Waals surface area contributed by atoms with Crippen LogP contribution in [-0.4, -0.2) is 102 Å². The minimum atomic E-state index is -1.22. The van der Waals surface area contributed by atoms with Gasteiger partial charge in [-0.1, -0.05) is 84.7 Å². The van der Waals surface area contributed by atoms with E-state index in [1.54, 1.807) is 86.0 Å². The Kier molecular flexibility index (Phi) is 14.8. The van der Waals surface area contributed by atoms with Gasteiger partial charge >= 0.3 is 6.09 Å². The summed E-state index contributed by atoms with van der Waals surface area (Å²) in [5.41, 5.74) is -1.46. The summed E-state index contributed by atoms with van der Waals surface area (Å²) in [4.78, 5) is 95.5. The highest BCUT2D eigenvalue weighted by molar-refractivity contribution is 6.38. The molecule has 6 amide bonds. The van der Waals surface area contributed by atoms with E-state index in [0.717, 1.165) is 0 Å². The number of amides is 6. The van der Waals surface area contributed by atoms with E-state index in [9.17, 15) is 33.6 Å². The molecular weight excluding hydrogens is 656 g/mol. The van der Waals surface area contributed by atoms with Gasteiger partial charge in [-0.15, -0.1) is 0 Å². The number of carbonyl (C=O) groups excluding carboxylic acids is 7. The number of carbonyl (C=O) groups is 7. The second-order valence-corrected chi connectivity index (χ2v) is 16.2. The standard InChI is InChI=1S/C37H58N6O8/c1-12-13-19-24(28(45)31(47)38-21-26(44)40-27(32(48)42(10)11)23-17-15-14-16-18-23)39-30(46)25-20-37(8,9)22-43(25)33(49)29(35(2,3)4)41-34(50)51-36(5,6)7/h14-18,24-25,27,29H,12-13,19-22H2,1-11H3,(H,38,47)(H,39,46)(H,40,44)(H,41,50)/t24?,25-,27-,29?/m0/s1. The van der Waals surface area contributed by atoms with Crippen LogP contribution in [0, 0.1) is 10.8 Å². The molecule has 0 aliphatic carbocycles. The molecule has 2 unspecified atom stereocenters. The molecule has 1 aliphatic rings. The van der Waals surface area contributed by atoms with Crippen molar-refractivity contribution in [3.63, 3.8) is 0 Å². The predicted octanol–water partition coefficient (Wildman–Crippen LogP) is 2.86. The van der Waals surface area contributed by atoms with Crippen molar-refractivity contribution in [2.75, 3.05) is 27.2 Å². The van der Waals surface area contributed by atoms with Crippen molar-refractivity contribution < 1.29 is 38.3 Å². The van der Waals surface area contributed by atoms with Gasteiger partial charge in [0.15, 0.2) is 0 Å². The number of hydrogen-bond donors (Lipinski definition) is 4. The van der Waals surface area contributed by atoms with Crippen molar-refractivity contribution in [2.45, 2.75) is 118 Å². The highest BCUT2D eigenvalue weighted by Crippen LogP contribution is 2.36. The lowest BCUT2D eigenvalue weighted by Crippen LogP contribution is -2.59. The third kappa shape index (κ3) is 13.0. The molecule has 14 heteroatoms. The second kappa shape index (κ2) is 17.6. The van der Waals surface area contributed by atoms with E-state index >= 15 is 0 Å². The number of likely N-dealkylation sites (N-methyl/N-ethyl adjacent to an activating group) is 1. The van der Waals surface area contributed by atoms with Crippen molar-refractivity contribution in [2.24, 2.45) is 10.8 Å². The summed E-state index contributed by atoms with van der Waals surface area (Å²) in [7, 11) is 3.11. The second-order valence-electron chi connectivity index (χ2n) is 16.2. The number of nitrogens with one attached hydrogen (secondary N) is 4. The molecule has 1 aromatic rings. The fourth-order valence-corrected chi connectivity index (χ4v) is 5.73. The summed E-state index contributed by atoms with van der Waals surface area (Å²) in [5, 5.41) is 10.3. The molecule has 284 valence electrons. The summed E-state index contributed by atoms with van der Waals surface area (Å²) in [6.07, 6.45) is 0.863. The Morgan fingerprint density at radius 2 is 1.55 bits per heavy atom. The first-order chi connectivity index (χ1) is 23.5. The molecule has 14 nitrogen and oxygen atoms in total. The zero-order valence-electron chi connectivity index (χ0n) is 32.1. The summed E-state index contributed by atoms with van der Waals surface area (Å²) < 4.78 is 5.41. The van der Waals surface area contributed by atoms with E-state index in [0.29, 0.717) is 18.4 Å². The molecule has 1 fully saturated rings. The molecule has 0 spiro atoms. The Balaban J connectivity index is 2.21. The van der Waals surface area contributed by atoms with Crippen LogP contribution in [0.3, 0.4) is 0 Å². The van der Waals surface area contributed by atoms with Crippen LogP contribution < -0.4 is 21.3 Å². The Morgan fingerprint density at radius 3 is 2.08 bits per heavy atom. The number of hydrogen-bond acceptors (Lipinski definition) is 8. The lowest BCUT2D eigenvalue weighted by Gasteiger charge is -2.36. The monoisotopic (exact) mass is 714 g/mol. The topological polar surface area (TPSA) is 183 Å². The van der Waals surface area contributed by atoms with E-state index < -0.39 is 82.6 Å². The zero-order valence-corrected chi connectivity index (χ0v) is 32.1. The maximum atomic E-state index is 14.1. The maximum Gasteiger partial charge on any atom is 0.408 e. The van der Waals surface area contributed by atoms with Crippen molar-refractivity contribution in [3.8, 4) is 0 Å². The average Bonchev–Trinajstić information content (AvgIpc) is 3.36. The fourth-order valence-electron chi connectivity index (χ4n) is 5.73. The summed E-state index contributed by atoms with van der Waals surface area (Å²) in [5.74, 6) is -4.16. The van der Waals surface area contributed by atoms with Crippen LogP contribution in [0.15, 0.2) is 30.3 Å². The van der Waals surface area contributed by atoms with Gasteiger partial charge in [-0.3, -0.25) is 28.8 Å². The normalized spacial score (nSPS) is 17.3. The van der Waals surface area contributed by atoms with Gasteiger partial charge in [0.1, 0.15) is 23.7 Å². The minimum absolute atomic E-state index is 0.156. The van der Waals surface area contributed by atoms with Crippen molar-refractivity contribution in [1.29, 1.82) is 0 Å². The molecular formula is C37H58N6O8. The van der Waals surface area contributed by atoms with Crippen LogP contribution in [0.25, 0.3) is 0 Å². The number of benzene rings is 1. The third-order valence-electron chi connectivity index (χ3n) is 8.32. The van der Waals surface area contributed by atoms with Gasteiger partial charge in [0.2, 0.25) is 29.4 Å². The van der Waals surface area contributed by atoms with Crippen LogP contribution in [-0.2, 0) is 33.5 Å². The molecule has 2 rings (SSSR count). The lowest BCUT2D eigenvalue weighted by molar-refractivity contribution is -0.144. The van der Waals surface area contributed by atoms with Gasteiger partial charge in [-0.2, -0.15) is 0 Å². The van der Waals surface area contributed by atoms with Gasteiger partial charge in [0.05, 0.1) is 12.6 Å². The van der Waals surface area contributed by atoms with Gasteiger partial charge < -0.3 is 35.8 Å². The Labute approximate surface area is 302 Å². The number of likely N-dealkylation sites (tertiary alicyclic amines) is 1. The summed E-state index contributed by atoms with van der Waals surface area (Å²) in [6.45, 7) is 15.9. The number of Topliss-reactive ketones (excluding diaryl/α,β-unsaturated/α-hetero) is 1. The lowest BCUT2D eigenvalue weighted by atomic mass is 9.85. The highest BCUT2D eigenvalue weighted by atomic mass is 16.6. The quantitative estimate of drug-likeness (QED) is 0.212. The molecule has 1 aliphatic heterocycles. The summed E-state index contributed by atoms with van der Waals surface area (Å²) in [6, 6.07) is 4.39. The molecule has 1 saturated heterocycles. The molecule has 1 aromatic carbocycles. The largest absolute Gasteiger partial charge is 0.444 e. The number of alkyl carbamates (subject to hydrolysis) is 1. The van der Waals surface area contributed by atoms with Gasteiger partial charge in [-0.05, 0) is 50.0 Å². The molecule has 4 N–H and O–H groups in total. The molecule has 0 aromatic heterocycles. The molecule has 0 saturated carbocycles. The molecule has 0 bridgehead atoms. The van der Waals surface area contributed by atoms with Crippen LogP contribution >= 0.6 is 0 Å². The fraction of sp³-hybridized carbons (Fsp3) is 0.649. The minimum Gasteiger partial charge on any atom is -0.444 e. The van der Waals surface area contributed by atoms with Gasteiger partial charge in [0.25, 0.3) is 5.91 Å². The van der Waals surface area contributed by atoms with Gasteiger partial charge in [0, 0.05) is 20.6 Å². The van der Waals surface area contributed by atoms with Crippen LogP contribution in [0.5, 0.6) is 0 Å². The van der Waals surface area contributed by atoms with E-state index in [4.69, 9.17) is 4.74 Å². The summed E-state index contributed by atoms with van der Waals surface area (Å²) >= 11 is 0. The van der Waals surface area contributed by atoms with E-state index in [1.807, 2.05) is 20.8 Å². The number of ketones is 1. The number of unbranched alkanes of at least 4 members (excludes halogenated alkanes) is 1. The first kappa shape index (κ1) is 42.7. The first-order valence-electron chi connectivity index (χ1n) is 17.4. The van der Waals surface area contributed by atoms with E-state index in [-0.39, 0.29) is 25.3 Å². The molecule has 1 heterocycles. The van der Waals surface area contributed by atoms with E-state index in [1.165, 1.54) is 9.80 Å². The average molecular weight is 715 g/mol. The SMILES string of the molecule is CCCCC(NC(=O)[C@@H]1CC(C)(C)CN1C(=O)C(NC(=O)OC(C)(C)C)C(C)(C)C)C(=O)C(=O)NCC(=O)N[C@H](C(=O)N(C)C)c1ccccc1. The molecule has 4 atom stereocenters. The van der Waals surface area contributed by atoms with Crippen LogP contribution in [0.1, 0.15) is 99.6 Å². The zero-order chi connectivity index (χ0) is 38.9. The molecule has 51 heavy (non-hydrogen) atoms. The predicted molar refractivity (Wildman–Crippen MR) is 192 cm³/mol. The Hall–Kier alpha value is -4.49. The first-order valence-corrected chi connectivity index (χ1v) is 17.4. The van der Waals surface area contributed by atoms with Crippen molar-refractivity contribution >= 4 is 41.4 Å². The maximum absolute atomic E-state index is 14.1. The Morgan fingerprint density at radius 1 is 0.941 bits per heavy atom. The Bertz CT molecular complexity index is 1430. The number of nitrogens with zero attached hydrogens (tertiary/aromatic N) is 2. The van der Waals surface area contributed by atoms with Crippen molar-refractivity contribution in [1.82, 2.24) is 31.1 Å². The van der Waals surface area contributed by atoms with Crippen LogP contribution in [0.4, 0.5) is 4.79 Å². The highest BCUT2D eigenvalue weighted by Gasteiger charge is 2.48. The van der Waals surface area contributed by atoms with Crippen molar-refractivity contribution in [3.05, 3.63) is 35.9 Å². The number of rotatable bonds is 14. The smallest absolute Gasteiger partial charge is 0.408 e. The van der Waals surface area contributed by atoms with Crippen LogP contribution in [0.2, 0.25) is 0 Å². The van der Waals surface area contributed by atoms with Gasteiger partial charge in [-0.25, -0.2) is 4.79 Å².